The Morgan fingerprint density at radius 2 is 1.58 bits per heavy atom. The Balaban J connectivity index is 2.01. The van der Waals surface area contributed by atoms with Crippen LogP contribution in [0.1, 0.15) is 29.7 Å². The summed E-state index contributed by atoms with van der Waals surface area (Å²) in [5.74, 6) is 1.29. The number of ether oxygens (including phenoxy) is 2. The van der Waals surface area contributed by atoms with Crippen LogP contribution in [0, 0.1) is 0 Å². The van der Waals surface area contributed by atoms with E-state index in [1.54, 1.807) is 14.2 Å². The summed E-state index contributed by atoms with van der Waals surface area (Å²) in [5, 5.41) is 3.28. The van der Waals surface area contributed by atoms with E-state index in [2.05, 4.69) is 5.32 Å². The summed E-state index contributed by atoms with van der Waals surface area (Å²) < 4.78 is 48.2. The van der Waals surface area contributed by atoms with Crippen LogP contribution in [0.5, 0.6) is 11.5 Å². The van der Waals surface area contributed by atoms with Gasteiger partial charge in [-0.25, -0.2) is 0 Å². The maximum Gasteiger partial charge on any atom is 0.416 e. The molecule has 24 heavy (non-hydrogen) atoms. The molecule has 0 aliphatic rings. The van der Waals surface area contributed by atoms with Gasteiger partial charge in [-0.1, -0.05) is 18.2 Å². The third kappa shape index (κ3) is 4.41. The number of alkyl halides is 3. The van der Waals surface area contributed by atoms with Crippen molar-refractivity contribution < 1.29 is 22.6 Å². The molecule has 2 aromatic carbocycles. The number of rotatable bonds is 6. The van der Waals surface area contributed by atoms with Crippen molar-refractivity contribution in [3.8, 4) is 11.5 Å². The van der Waals surface area contributed by atoms with Gasteiger partial charge in [-0.3, -0.25) is 0 Å². The van der Waals surface area contributed by atoms with E-state index in [1.165, 1.54) is 12.1 Å². The maximum atomic E-state index is 12.6. The molecule has 1 N–H and O–H groups in total. The quantitative estimate of drug-likeness (QED) is 0.836. The lowest BCUT2D eigenvalue weighted by molar-refractivity contribution is -0.137. The van der Waals surface area contributed by atoms with Gasteiger partial charge in [0.2, 0.25) is 0 Å². The van der Waals surface area contributed by atoms with Crippen molar-refractivity contribution in [2.75, 3.05) is 14.2 Å². The first-order chi connectivity index (χ1) is 11.3. The Bertz CT molecular complexity index is 669. The first-order valence-corrected chi connectivity index (χ1v) is 7.46. The van der Waals surface area contributed by atoms with Crippen LogP contribution in [0.25, 0.3) is 0 Å². The van der Waals surface area contributed by atoms with E-state index in [-0.39, 0.29) is 6.04 Å². The summed E-state index contributed by atoms with van der Waals surface area (Å²) in [4.78, 5) is 0. The molecule has 2 rings (SSSR count). The van der Waals surface area contributed by atoms with Crippen molar-refractivity contribution in [2.45, 2.75) is 25.7 Å². The summed E-state index contributed by atoms with van der Waals surface area (Å²) in [6.45, 7) is 2.46. The first kappa shape index (κ1) is 18.1. The van der Waals surface area contributed by atoms with E-state index in [0.717, 1.165) is 23.3 Å². The molecule has 0 amide bonds. The molecule has 0 heterocycles. The van der Waals surface area contributed by atoms with E-state index in [4.69, 9.17) is 9.47 Å². The van der Waals surface area contributed by atoms with Crippen LogP contribution < -0.4 is 14.8 Å². The number of benzene rings is 2. The summed E-state index contributed by atoms with van der Waals surface area (Å²) >= 11 is 0. The highest BCUT2D eigenvalue weighted by atomic mass is 19.4. The Morgan fingerprint density at radius 3 is 2.12 bits per heavy atom. The second-order valence-electron chi connectivity index (χ2n) is 5.41. The molecule has 0 spiro atoms. The predicted octanol–water partition coefficient (Wildman–Crippen LogP) is 4.57. The molecule has 0 aliphatic heterocycles. The molecule has 0 saturated carbocycles. The topological polar surface area (TPSA) is 30.5 Å². The van der Waals surface area contributed by atoms with E-state index >= 15 is 0 Å². The summed E-state index contributed by atoms with van der Waals surface area (Å²) in [5.41, 5.74) is 1.15. The minimum Gasteiger partial charge on any atom is -0.493 e. The zero-order valence-electron chi connectivity index (χ0n) is 13.8. The van der Waals surface area contributed by atoms with Crippen LogP contribution in [0.3, 0.4) is 0 Å². The third-order valence-electron chi connectivity index (χ3n) is 3.80. The minimum atomic E-state index is -4.31. The van der Waals surface area contributed by atoms with Crippen molar-refractivity contribution in [1.82, 2.24) is 5.32 Å². The zero-order chi connectivity index (χ0) is 17.7. The minimum absolute atomic E-state index is 0.0830. The molecule has 1 unspecified atom stereocenters. The van der Waals surface area contributed by atoms with Gasteiger partial charge in [0.05, 0.1) is 19.8 Å². The Kier molecular flexibility index (Phi) is 5.72. The van der Waals surface area contributed by atoms with E-state index in [1.807, 2.05) is 25.1 Å². The highest BCUT2D eigenvalue weighted by Gasteiger charge is 2.30. The Labute approximate surface area is 139 Å². The zero-order valence-corrected chi connectivity index (χ0v) is 13.8. The van der Waals surface area contributed by atoms with Crippen LogP contribution in [0.15, 0.2) is 42.5 Å². The Morgan fingerprint density at radius 1 is 0.958 bits per heavy atom. The second kappa shape index (κ2) is 7.57. The number of methoxy groups -OCH3 is 2. The van der Waals surface area contributed by atoms with Crippen molar-refractivity contribution >= 4 is 0 Å². The summed E-state index contributed by atoms with van der Waals surface area (Å²) in [6.07, 6.45) is -4.31. The van der Waals surface area contributed by atoms with Gasteiger partial charge in [0.15, 0.2) is 11.5 Å². The second-order valence-corrected chi connectivity index (χ2v) is 5.41. The molecule has 0 saturated heterocycles. The summed E-state index contributed by atoms with van der Waals surface area (Å²) in [6, 6.07) is 10.7. The van der Waals surface area contributed by atoms with Crippen molar-refractivity contribution in [3.63, 3.8) is 0 Å². The fourth-order valence-electron chi connectivity index (χ4n) is 2.34. The molecule has 0 bridgehead atoms. The largest absolute Gasteiger partial charge is 0.493 e. The third-order valence-corrected chi connectivity index (χ3v) is 3.80. The van der Waals surface area contributed by atoms with Gasteiger partial charge < -0.3 is 14.8 Å². The van der Waals surface area contributed by atoms with Gasteiger partial charge in [0.1, 0.15) is 0 Å². The van der Waals surface area contributed by atoms with Crippen molar-refractivity contribution in [3.05, 3.63) is 59.2 Å². The lowest BCUT2D eigenvalue weighted by atomic mass is 10.1. The lowest BCUT2D eigenvalue weighted by Gasteiger charge is -2.16. The van der Waals surface area contributed by atoms with Crippen molar-refractivity contribution in [1.29, 1.82) is 0 Å². The van der Waals surface area contributed by atoms with Crippen LogP contribution >= 0.6 is 0 Å². The van der Waals surface area contributed by atoms with Gasteiger partial charge in [-0.2, -0.15) is 13.2 Å². The van der Waals surface area contributed by atoms with Gasteiger partial charge in [0, 0.05) is 12.6 Å². The van der Waals surface area contributed by atoms with Crippen molar-refractivity contribution in [2.24, 2.45) is 0 Å². The van der Waals surface area contributed by atoms with Gasteiger partial charge in [-0.15, -0.1) is 0 Å². The van der Waals surface area contributed by atoms with Crippen LogP contribution in [0.4, 0.5) is 13.2 Å². The summed E-state index contributed by atoms with van der Waals surface area (Å²) in [7, 11) is 3.14. The molecule has 1 atom stereocenters. The normalized spacial score (nSPS) is 12.8. The maximum absolute atomic E-state index is 12.6. The molecule has 6 heteroatoms. The van der Waals surface area contributed by atoms with Crippen LogP contribution in [0.2, 0.25) is 0 Å². The fraction of sp³-hybridized carbons (Fsp3) is 0.333. The average molecular weight is 339 g/mol. The SMILES string of the molecule is COc1ccc(CNC(C)c2ccc(C(F)(F)F)cc2)cc1OC. The van der Waals surface area contributed by atoms with Gasteiger partial charge in [0.25, 0.3) is 0 Å². The molecule has 3 nitrogen and oxygen atoms in total. The monoisotopic (exact) mass is 339 g/mol. The van der Waals surface area contributed by atoms with Gasteiger partial charge >= 0.3 is 6.18 Å². The molecule has 2 aromatic rings. The smallest absolute Gasteiger partial charge is 0.416 e. The molecule has 0 aliphatic carbocycles. The number of nitrogens with one attached hydrogen (secondary N) is 1. The average Bonchev–Trinajstić information content (AvgIpc) is 2.58. The number of halogens is 3. The van der Waals surface area contributed by atoms with Gasteiger partial charge in [-0.05, 0) is 42.3 Å². The van der Waals surface area contributed by atoms with E-state index in [0.29, 0.717) is 18.0 Å². The van der Waals surface area contributed by atoms with E-state index in [9.17, 15) is 13.2 Å². The highest BCUT2D eigenvalue weighted by Crippen LogP contribution is 2.30. The number of hydrogen-bond donors (Lipinski definition) is 1. The van der Waals surface area contributed by atoms with Crippen LogP contribution in [-0.2, 0) is 12.7 Å². The molecular weight excluding hydrogens is 319 g/mol. The Hall–Kier alpha value is -2.21. The molecule has 0 aromatic heterocycles. The molecule has 130 valence electrons. The fourth-order valence-corrected chi connectivity index (χ4v) is 2.34. The number of hydrogen-bond acceptors (Lipinski definition) is 3. The van der Waals surface area contributed by atoms with E-state index < -0.39 is 11.7 Å². The van der Waals surface area contributed by atoms with Crippen LogP contribution in [-0.4, -0.2) is 14.2 Å². The first-order valence-electron chi connectivity index (χ1n) is 7.46. The standard InChI is InChI=1S/C18H20F3NO2/c1-12(14-5-7-15(8-6-14)18(19,20)21)22-11-13-4-9-16(23-2)17(10-13)24-3/h4-10,12,22H,11H2,1-3H3. The molecule has 0 radical (unpaired) electrons. The predicted molar refractivity (Wildman–Crippen MR) is 86.2 cm³/mol. The molecular formula is C18H20F3NO2. The lowest BCUT2D eigenvalue weighted by Crippen LogP contribution is -2.18. The highest BCUT2D eigenvalue weighted by molar-refractivity contribution is 5.42. The molecule has 0 fully saturated rings.